The van der Waals surface area contributed by atoms with Crippen molar-refractivity contribution in [1.82, 2.24) is 4.98 Å². The van der Waals surface area contributed by atoms with Crippen molar-refractivity contribution in [1.29, 1.82) is 0 Å². The molecule has 2 atom stereocenters. The van der Waals surface area contributed by atoms with E-state index in [1.54, 1.807) is 74.8 Å². The van der Waals surface area contributed by atoms with Crippen LogP contribution in [0.4, 0.5) is 5.69 Å². The van der Waals surface area contributed by atoms with Crippen molar-refractivity contribution in [3.05, 3.63) is 94.8 Å². The lowest BCUT2D eigenvalue weighted by Gasteiger charge is -2.25. The fraction of sp³-hybridized carbons (Fsp3) is 0.241. The maximum atomic E-state index is 13.4. The predicted octanol–water partition coefficient (Wildman–Crippen LogP) is 4.60. The molecule has 2 aromatic carbocycles. The van der Waals surface area contributed by atoms with Crippen LogP contribution in [0.15, 0.2) is 72.6 Å². The Labute approximate surface area is 214 Å². The zero-order chi connectivity index (χ0) is 26.3. The molecule has 8 nitrogen and oxygen atoms in total. The van der Waals surface area contributed by atoms with Crippen LogP contribution in [-0.4, -0.2) is 40.0 Å². The number of aliphatic hydroxyl groups excluding tert-OH is 1. The molecule has 2 unspecified atom stereocenters. The van der Waals surface area contributed by atoms with E-state index in [2.05, 4.69) is 4.98 Å². The fourth-order valence-electron chi connectivity index (χ4n) is 4.74. The van der Waals surface area contributed by atoms with Crippen molar-refractivity contribution < 1.29 is 29.0 Å². The molecule has 3 aromatic rings. The second-order valence-corrected chi connectivity index (χ2v) is 9.41. The number of esters is 1. The number of hydrogen-bond donors (Lipinski definition) is 1. The summed E-state index contributed by atoms with van der Waals surface area (Å²) >= 11 is 0. The van der Waals surface area contributed by atoms with E-state index >= 15 is 0 Å². The van der Waals surface area contributed by atoms with Crippen LogP contribution in [0.3, 0.4) is 0 Å². The molecule has 0 spiro atoms. The summed E-state index contributed by atoms with van der Waals surface area (Å²) < 4.78 is 11.0. The maximum Gasteiger partial charge on any atom is 0.338 e. The van der Waals surface area contributed by atoms with Gasteiger partial charge in [0.05, 0.1) is 23.3 Å². The summed E-state index contributed by atoms with van der Waals surface area (Å²) in [5, 5.41) is 11.4. The van der Waals surface area contributed by atoms with Gasteiger partial charge in [0.1, 0.15) is 17.6 Å². The first-order chi connectivity index (χ1) is 17.7. The van der Waals surface area contributed by atoms with Crippen LogP contribution in [0.2, 0.25) is 0 Å². The van der Waals surface area contributed by atoms with E-state index in [-0.39, 0.29) is 29.1 Å². The Balaban J connectivity index is 1.63. The zero-order valence-electron chi connectivity index (χ0n) is 20.7. The molecule has 3 heterocycles. The van der Waals surface area contributed by atoms with E-state index in [4.69, 9.17) is 9.47 Å². The number of hydrogen-bond acceptors (Lipinski definition) is 7. The molecule has 0 bridgehead atoms. The molecule has 37 heavy (non-hydrogen) atoms. The van der Waals surface area contributed by atoms with Gasteiger partial charge in [0.15, 0.2) is 0 Å². The average molecular weight is 499 g/mol. The van der Waals surface area contributed by atoms with E-state index in [0.717, 1.165) is 11.3 Å². The highest BCUT2D eigenvalue weighted by atomic mass is 16.5. The number of pyridine rings is 1. The molecular weight excluding hydrogens is 472 g/mol. The van der Waals surface area contributed by atoms with Gasteiger partial charge in [0.2, 0.25) is 0 Å². The number of carbonyl (C=O) groups is 3. The monoisotopic (exact) mass is 498 g/mol. The second kappa shape index (κ2) is 9.54. The van der Waals surface area contributed by atoms with Crippen molar-refractivity contribution in [3.63, 3.8) is 0 Å². The smallest absolute Gasteiger partial charge is 0.338 e. The van der Waals surface area contributed by atoms with Crippen LogP contribution in [0, 0.1) is 0 Å². The van der Waals surface area contributed by atoms with Gasteiger partial charge in [-0.05, 0) is 74.4 Å². The Morgan fingerprint density at radius 1 is 1.11 bits per heavy atom. The predicted molar refractivity (Wildman–Crippen MR) is 136 cm³/mol. The third-order valence-electron chi connectivity index (χ3n) is 6.32. The van der Waals surface area contributed by atoms with E-state index in [1.807, 2.05) is 6.92 Å². The van der Waals surface area contributed by atoms with Crippen molar-refractivity contribution in [3.8, 4) is 5.75 Å². The molecule has 2 aliphatic rings. The number of rotatable bonds is 5. The maximum absolute atomic E-state index is 13.4. The third-order valence-corrected chi connectivity index (χ3v) is 6.32. The van der Waals surface area contributed by atoms with Crippen molar-refractivity contribution in [2.75, 3.05) is 4.90 Å². The Bertz CT molecular complexity index is 1430. The van der Waals surface area contributed by atoms with E-state index < -0.39 is 23.7 Å². The number of aliphatic hydroxyl groups is 1. The van der Waals surface area contributed by atoms with Crippen LogP contribution < -0.4 is 9.64 Å². The lowest BCUT2D eigenvalue weighted by molar-refractivity contribution is -0.132. The summed E-state index contributed by atoms with van der Waals surface area (Å²) in [6, 6.07) is 14.0. The van der Waals surface area contributed by atoms with E-state index in [9.17, 15) is 19.5 Å². The van der Waals surface area contributed by atoms with E-state index in [0.29, 0.717) is 23.2 Å². The minimum Gasteiger partial charge on any atom is -0.507 e. The first-order valence-corrected chi connectivity index (χ1v) is 12.1. The minimum absolute atomic E-state index is 0.0167. The van der Waals surface area contributed by atoms with Crippen LogP contribution >= 0.6 is 0 Å². The summed E-state index contributed by atoms with van der Waals surface area (Å²) in [4.78, 5) is 44.8. The Morgan fingerprint density at radius 2 is 1.92 bits per heavy atom. The number of fused-ring (bicyclic) bond motifs is 1. The standard InChI is InChI=1S/C29H26N2O6/c1-16(2)36-29(35)19-6-4-8-22(14-19)31-25(20-7-5-11-30-15-20)24(27(33)28(31)34)26(32)18-9-10-23-21(13-18)12-17(3)37-23/h4-11,13-17,25,32H,12H2,1-3H3/b26-24-. The molecule has 1 amide bonds. The highest BCUT2D eigenvalue weighted by Gasteiger charge is 2.47. The first-order valence-electron chi connectivity index (χ1n) is 12.1. The van der Waals surface area contributed by atoms with Crippen LogP contribution in [0.5, 0.6) is 5.75 Å². The molecule has 188 valence electrons. The largest absolute Gasteiger partial charge is 0.507 e. The molecule has 5 rings (SSSR count). The van der Waals surface area contributed by atoms with Gasteiger partial charge in [0.25, 0.3) is 11.7 Å². The number of benzene rings is 2. The minimum atomic E-state index is -0.950. The number of nitrogens with zero attached hydrogens (tertiary/aromatic N) is 2. The summed E-state index contributed by atoms with van der Waals surface area (Å²) in [6.07, 6.45) is 3.51. The number of amides is 1. The molecule has 0 saturated carbocycles. The highest BCUT2D eigenvalue weighted by Crippen LogP contribution is 2.43. The SMILES string of the molecule is CC(C)OC(=O)c1cccc(N2C(=O)C(=O)/C(=C(\O)c3ccc4c(c3)CC(C)O4)C2c2cccnc2)c1. The second-order valence-electron chi connectivity index (χ2n) is 9.41. The number of ether oxygens (including phenoxy) is 2. The third kappa shape index (κ3) is 4.46. The van der Waals surface area contributed by atoms with Crippen molar-refractivity contribution >= 4 is 29.1 Å². The molecule has 0 aliphatic carbocycles. The fourth-order valence-corrected chi connectivity index (χ4v) is 4.74. The average Bonchev–Trinajstić information content (AvgIpc) is 3.39. The van der Waals surface area contributed by atoms with Gasteiger partial charge in [-0.15, -0.1) is 0 Å². The van der Waals surface area contributed by atoms with Crippen molar-refractivity contribution in [2.45, 2.75) is 45.4 Å². The van der Waals surface area contributed by atoms with Gasteiger partial charge in [-0.2, -0.15) is 0 Å². The Hall–Kier alpha value is -4.46. The van der Waals surface area contributed by atoms with Gasteiger partial charge >= 0.3 is 5.97 Å². The number of aromatic nitrogens is 1. The lowest BCUT2D eigenvalue weighted by atomic mass is 9.95. The van der Waals surface area contributed by atoms with Crippen molar-refractivity contribution in [2.24, 2.45) is 0 Å². The summed E-state index contributed by atoms with van der Waals surface area (Å²) in [5.41, 5.74) is 2.38. The molecule has 8 heteroatoms. The summed E-state index contributed by atoms with van der Waals surface area (Å²) in [7, 11) is 0. The van der Waals surface area contributed by atoms with Gasteiger partial charge in [0, 0.05) is 30.1 Å². The Morgan fingerprint density at radius 3 is 2.65 bits per heavy atom. The molecule has 1 N–H and O–H groups in total. The topological polar surface area (TPSA) is 106 Å². The molecule has 0 radical (unpaired) electrons. The molecule has 2 aliphatic heterocycles. The highest BCUT2D eigenvalue weighted by molar-refractivity contribution is 6.51. The quantitative estimate of drug-likeness (QED) is 0.237. The Kier molecular flexibility index (Phi) is 6.25. The summed E-state index contributed by atoms with van der Waals surface area (Å²) in [6.45, 7) is 5.45. The molecular formula is C29H26N2O6. The number of Topliss-reactive ketones (excluding diaryl/α,β-unsaturated/α-hetero) is 1. The van der Waals surface area contributed by atoms with Gasteiger partial charge in [-0.3, -0.25) is 19.5 Å². The number of ketones is 1. The molecule has 1 aromatic heterocycles. The normalized spacial score (nSPS) is 20.2. The van der Waals surface area contributed by atoms with Gasteiger partial charge in [-0.25, -0.2) is 4.79 Å². The molecule has 1 saturated heterocycles. The van der Waals surface area contributed by atoms with Crippen LogP contribution in [-0.2, 0) is 20.7 Å². The van der Waals surface area contributed by atoms with E-state index in [1.165, 1.54) is 11.0 Å². The molecule has 1 fully saturated rings. The van der Waals surface area contributed by atoms with Crippen LogP contribution in [0.1, 0.15) is 53.9 Å². The number of anilines is 1. The lowest BCUT2D eigenvalue weighted by Crippen LogP contribution is -2.29. The number of carbonyl (C=O) groups excluding carboxylic acids is 3. The van der Waals surface area contributed by atoms with Gasteiger partial charge in [-0.1, -0.05) is 12.1 Å². The van der Waals surface area contributed by atoms with Gasteiger partial charge < -0.3 is 14.6 Å². The van der Waals surface area contributed by atoms with Crippen LogP contribution in [0.25, 0.3) is 5.76 Å². The summed E-state index contributed by atoms with van der Waals surface area (Å²) in [5.74, 6) is -1.73. The zero-order valence-corrected chi connectivity index (χ0v) is 20.7. The first kappa shape index (κ1) is 24.2.